The Morgan fingerprint density at radius 1 is 1.17 bits per heavy atom. The number of aliphatic hydroxyl groups is 1. The number of ether oxygens (including phenoxy) is 1. The molecule has 11 heteroatoms. The number of fused-ring (bicyclic) bond motifs is 4. The topological polar surface area (TPSA) is 111 Å². The molecule has 214 valence electrons. The van der Waals surface area contributed by atoms with Gasteiger partial charge in [0.25, 0.3) is 0 Å². The number of nitrogens with zero attached hydrogens (tertiary/aromatic N) is 2. The minimum absolute atomic E-state index is 0.0905. The van der Waals surface area contributed by atoms with Crippen molar-refractivity contribution in [1.29, 1.82) is 0 Å². The van der Waals surface area contributed by atoms with Gasteiger partial charge in [-0.1, -0.05) is 34.4 Å². The number of nitrogens with two attached hydrogens (primary N) is 1. The Kier molecular flexibility index (Phi) is 6.67. The number of thiazole rings is 1. The van der Waals surface area contributed by atoms with Crippen LogP contribution in [0.2, 0.25) is 10.0 Å². The fourth-order valence-electron chi connectivity index (χ4n) is 6.61. The molecule has 4 fully saturated rings. The highest BCUT2D eigenvalue weighted by molar-refractivity contribution is 7.18. The average molecular weight is 617 g/mol. The van der Waals surface area contributed by atoms with Crippen molar-refractivity contribution in [3.63, 3.8) is 0 Å². The van der Waals surface area contributed by atoms with Crippen molar-refractivity contribution in [3.05, 3.63) is 68.1 Å². The molecule has 1 atom stereocenters. The Balaban J connectivity index is 1.10. The monoisotopic (exact) mass is 615 g/mol. The number of benzene rings is 2. The summed E-state index contributed by atoms with van der Waals surface area (Å²) >= 11 is 14.3. The minimum atomic E-state index is -0.830. The lowest BCUT2D eigenvalue weighted by Crippen LogP contribution is -2.49. The van der Waals surface area contributed by atoms with Gasteiger partial charge in [0.15, 0.2) is 5.82 Å². The maximum atomic E-state index is 14.6. The normalized spacial score (nSPS) is 24.7. The smallest absolute Gasteiger partial charge is 0.248 e. The molecule has 2 aromatic heterocycles. The summed E-state index contributed by atoms with van der Waals surface area (Å²) in [5.41, 5.74) is 7.14. The summed E-state index contributed by atoms with van der Waals surface area (Å²) in [6.45, 7) is 0.348. The van der Waals surface area contributed by atoms with Crippen LogP contribution in [0.5, 0.6) is 0 Å². The molecule has 4 aromatic rings. The quantitative estimate of drug-likeness (QED) is 0.210. The second-order valence-corrected chi connectivity index (χ2v) is 13.6. The third-order valence-corrected chi connectivity index (χ3v) is 11.0. The van der Waals surface area contributed by atoms with Crippen molar-refractivity contribution in [1.82, 2.24) is 10.1 Å². The lowest BCUT2D eigenvalue weighted by atomic mass is 9.56. The van der Waals surface area contributed by atoms with Crippen LogP contribution in [-0.4, -0.2) is 26.8 Å². The fourth-order valence-corrected chi connectivity index (χ4v) is 8.33. The van der Waals surface area contributed by atoms with E-state index in [2.05, 4.69) is 10.1 Å². The number of amides is 1. The van der Waals surface area contributed by atoms with Crippen molar-refractivity contribution >= 4 is 50.7 Å². The Morgan fingerprint density at radius 3 is 2.49 bits per heavy atom. The number of hydrogen-bond donors (Lipinski definition) is 2. The number of hydrogen-bond acceptors (Lipinski definition) is 7. The van der Waals surface area contributed by atoms with E-state index in [0.29, 0.717) is 43.5 Å². The zero-order valence-corrected chi connectivity index (χ0v) is 24.4. The molecular formula is C30H28Cl2FN3O4S. The van der Waals surface area contributed by atoms with Crippen molar-refractivity contribution in [2.75, 3.05) is 0 Å². The van der Waals surface area contributed by atoms with Crippen molar-refractivity contribution in [3.8, 4) is 11.3 Å². The summed E-state index contributed by atoms with van der Waals surface area (Å²) in [6.07, 6.45) is 5.96. The van der Waals surface area contributed by atoms with E-state index in [1.165, 1.54) is 17.4 Å². The first-order valence-electron chi connectivity index (χ1n) is 13.8. The van der Waals surface area contributed by atoms with Gasteiger partial charge < -0.3 is 20.1 Å². The van der Waals surface area contributed by atoms with E-state index < -0.39 is 17.8 Å². The van der Waals surface area contributed by atoms with Gasteiger partial charge >= 0.3 is 0 Å². The molecule has 41 heavy (non-hydrogen) atoms. The first kappa shape index (κ1) is 27.3. The first-order chi connectivity index (χ1) is 19.7. The molecule has 0 spiro atoms. The molecule has 2 aromatic carbocycles. The number of carbonyl (C=O) groups is 1. The summed E-state index contributed by atoms with van der Waals surface area (Å²) in [6, 6.07) is 8.03. The van der Waals surface area contributed by atoms with Gasteiger partial charge in [-0.05, 0) is 75.6 Å². The molecule has 7 nitrogen and oxygen atoms in total. The second-order valence-electron chi connectivity index (χ2n) is 11.7. The number of halogens is 3. The maximum Gasteiger partial charge on any atom is 0.248 e. The van der Waals surface area contributed by atoms with Gasteiger partial charge in [0.2, 0.25) is 5.91 Å². The molecule has 4 saturated carbocycles. The Morgan fingerprint density at radius 2 is 1.85 bits per heavy atom. The molecule has 2 heterocycles. The van der Waals surface area contributed by atoms with Gasteiger partial charge in [0.1, 0.15) is 28.1 Å². The molecule has 3 N–H and O–H groups in total. The lowest BCUT2D eigenvalue weighted by Gasteiger charge is -2.54. The molecular weight excluding hydrogens is 588 g/mol. The standard InChI is InChI=1S/C30H28Cl2FN3O4S/c31-18-2-1-3-19(32)22(18)23-17(25(40-36-23)15-4-5-15)14-39-30-9-6-29(7-10-30,8-11-30)26(37)28-35-24-20(33)12-16(27(34)38)13-21(24)41-28/h1-3,12-13,15,26,37H,4-11,14H2,(H2,34,38). The van der Waals surface area contributed by atoms with Crippen LogP contribution in [-0.2, 0) is 11.3 Å². The van der Waals surface area contributed by atoms with Crippen molar-refractivity contribution < 1.29 is 23.6 Å². The third kappa shape index (κ3) is 4.66. The minimum Gasteiger partial charge on any atom is -0.385 e. The highest BCUT2D eigenvalue weighted by atomic mass is 35.5. The fraction of sp³-hybridized carbons (Fsp3) is 0.433. The van der Waals surface area contributed by atoms with Crippen LogP contribution in [0.4, 0.5) is 4.39 Å². The van der Waals surface area contributed by atoms with E-state index in [1.807, 2.05) is 0 Å². The van der Waals surface area contributed by atoms with E-state index >= 15 is 0 Å². The van der Waals surface area contributed by atoms with Crippen molar-refractivity contribution in [2.45, 2.75) is 75.6 Å². The molecule has 4 aliphatic carbocycles. The predicted molar refractivity (Wildman–Crippen MR) is 155 cm³/mol. The van der Waals surface area contributed by atoms with E-state index in [1.54, 1.807) is 18.2 Å². The highest BCUT2D eigenvalue weighted by Gasteiger charge is 2.53. The Labute approximate surface area is 249 Å². The summed E-state index contributed by atoms with van der Waals surface area (Å²) < 4.78 is 27.7. The van der Waals surface area contributed by atoms with Crippen molar-refractivity contribution in [2.24, 2.45) is 11.1 Å². The lowest BCUT2D eigenvalue weighted by molar-refractivity contribution is -0.169. The van der Waals surface area contributed by atoms with Crippen LogP contribution in [0.3, 0.4) is 0 Å². The van der Waals surface area contributed by atoms with Gasteiger partial charge in [0.05, 0.1) is 27.0 Å². The number of aromatic nitrogens is 2. The zero-order valence-electron chi connectivity index (χ0n) is 22.1. The van der Waals surface area contributed by atoms with E-state index in [9.17, 15) is 14.3 Å². The van der Waals surface area contributed by atoms with Gasteiger partial charge in [-0.2, -0.15) is 0 Å². The Bertz CT molecular complexity index is 1640. The summed E-state index contributed by atoms with van der Waals surface area (Å²) in [5.74, 6) is -0.119. The Hall–Kier alpha value is -2.56. The summed E-state index contributed by atoms with van der Waals surface area (Å²) in [7, 11) is 0. The number of primary amides is 1. The first-order valence-corrected chi connectivity index (χ1v) is 15.4. The number of aliphatic hydroxyl groups excluding tert-OH is 1. The van der Waals surface area contributed by atoms with Gasteiger partial charge in [0, 0.05) is 28.0 Å². The zero-order chi connectivity index (χ0) is 28.5. The summed E-state index contributed by atoms with van der Waals surface area (Å²) in [4.78, 5) is 16.0. The maximum absolute atomic E-state index is 14.6. The van der Waals surface area contributed by atoms with Crippen LogP contribution in [0.25, 0.3) is 21.5 Å². The molecule has 1 amide bonds. The van der Waals surface area contributed by atoms with Gasteiger partial charge in [-0.3, -0.25) is 4.79 Å². The number of carbonyl (C=O) groups excluding carboxylic acids is 1. The molecule has 0 radical (unpaired) electrons. The summed E-state index contributed by atoms with van der Waals surface area (Å²) in [5, 5.41) is 17.4. The van der Waals surface area contributed by atoms with Crippen LogP contribution < -0.4 is 5.73 Å². The molecule has 1 unspecified atom stereocenters. The SMILES string of the molecule is NC(=O)c1cc(F)c2nc(C(O)C34CCC(OCc5c(-c6c(Cl)cccc6Cl)noc5C5CC5)(CC3)CC4)sc2c1. The number of rotatable bonds is 8. The van der Waals surface area contributed by atoms with Crippen LogP contribution in [0.1, 0.15) is 90.1 Å². The van der Waals surface area contributed by atoms with Gasteiger partial charge in [-0.15, -0.1) is 11.3 Å². The average Bonchev–Trinajstić information content (AvgIpc) is 3.58. The van der Waals surface area contributed by atoms with Gasteiger partial charge in [-0.25, -0.2) is 9.37 Å². The van der Waals surface area contributed by atoms with E-state index in [-0.39, 0.29) is 22.1 Å². The molecule has 0 saturated heterocycles. The van der Waals surface area contributed by atoms with Crippen LogP contribution in [0, 0.1) is 11.2 Å². The molecule has 0 aliphatic heterocycles. The van der Waals surface area contributed by atoms with E-state index in [0.717, 1.165) is 68.8 Å². The second kappa shape index (κ2) is 10.0. The molecule has 4 aliphatic rings. The largest absolute Gasteiger partial charge is 0.385 e. The predicted octanol–water partition coefficient (Wildman–Crippen LogP) is 7.72. The molecule has 2 bridgehead atoms. The van der Waals surface area contributed by atoms with E-state index in [4.69, 9.17) is 38.2 Å². The molecule has 8 rings (SSSR count). The van der Waals surface area contributed by atoms with Crippen LogP contribution >= 0.6 is 34.5 Å². The third-order valence-electron chi connectivity index (χ3n) is 9.29. The highest BCUT2D eigenvalue weighted by Crippen LogP contribution is 2.60. The van der Waals surface area contributed by atoms with Crippen LogP contribution in [0.15, 0.2) is 34.9 Å².